The zero-order chi connectivity index (χ0) is 24.8. The predicted molar refractivity (Wildman–Crippen MR) is 155 cm³/mol. The van der Waals surface area contributed by atoms with Gasteiger partial charge in [-0.1, -0.05) is 30.3 Å². The van der Waals surface area contributed by atoms with Gasteiger partial charge < -0.3 is 28.4 Å². The normalized spacial score (nSPS) is 13.5. The van der Waals surface area contributed by atoms with Crippen molar-refractivity contribution in [3.8, 4) is 22.6 Å². The number of pyridine rings is 2. The number of halogens is 1. The minimum atomic E-state index is 0. The van der Waals surface area contributed by atoms with E-state index in [0.717, 1.165) is 17.0 Å². The monoisotopic (exact) mass is 631 g/mol. The molecule has 0 bridgehead atoms. The van der Waals surface area contributed by atoms with E-state index in [-0.39, 0.29) is 24.0 Å². The van der Waals surface area contributed by atoms with Crippen molar-refractivity contribution in [3.05, 3.63) is 121 Å². The molecule has 8 aromatic rings. The molecule has 0 atom stereocenters. The van der Waals surface area contributed by atoms with Gasteiger partial charge in [0.1, 0.15) is 5.76 Å². The summed E-state index contributed by atoms with van der Waals surface area (Å²) in [5.74, 6) is 0.875. The van der Waals surface area contributed by atoms with Gasteiger partial charge in [0.2, 0.25) is 16.9 Å². The molecule has 184 valence electrons. The molecule has 0 fully saturated rings. The number of benzene rings is 4. The molecule has 5 heterocycles. The smallest absolute Gasteiger partial charge is 0.227 e. The van der Waals surface area contributed by atoms with Crippen molar-refractivity contribution in [1.82, 2.24) is 0 Å². The number of rotatable bonds is 3. The Morgan fingerprint density at radius 2 is 1.64 bits per heavy atom. The van der Waals surface area contributed by atoms with Crippen molar-refractivity contribution in [2.45, 2.75) is 0 Å². The molecular weight excluding hydrogens is 611 g/mol. The van der Waals surface area contributed by atoms with Crippen molar-refractivity contribution in [2.24, 2.45) is 0 Å². The summed E-state index contributed by atoms with van der Waals surface area (Å²) >= 11 is 1.89. The Labute approximate surface area is 245 Å². The van der Waals surface area contributed by atoms with Crippen LogP contribution in [0.1, 0.15) is 11.1 Å². The molecule has 0 radical (unpaired) electrons. The first-order chi connectivity index (χ1) is 18.8. The third-order valence-electron chi connectivity index (χ3n) is 7.85. The maximum atomic E-state index is 5.88. The summed E-state index contributed by atoms with van der Waals surface area (Å²) in [5.41, 5.74) is 8.25. The number of thiophene rings is 1. The van der Waals surface area contributed by atoms with E-state index >= 15 is 0 Å². The second-order valence-corrected chi connectivity index (χ2v) is 11.0. The van der Waals surface area contributed by atoms with Gasteiger partial charge in [-0.15, -0.1) is 11.3 Å². The predicted octanol–water partition coefficient (Wildman–Crippen LogP) is 5.19. The number of H-pyrrole nitrogens is 1. The number of hydrogen-bond acceptors (Lipinski definition) is 2. The summed E-state index contributed by atoms with van der Waals surface area (Å²) in [6.07, 6.45) is 8.31. The third kappa shape index (κ3) is 3.14. The molecule has 39 heavy (non-hydrogen) atoms. The molecule has 5 heteroatoms. The molecule has 4 aromatic heterocycles. The Morgan fingerprint density at radius 3 is 2.51 bits per heavy atom. The summed E-state index contributed by atoms with van der Waals surface area (Å²) < 4.78 is 11.0. The first-order valence-electron chi connectivity index (χ1n) is 12.8. The fourth-order valence-electron chi connectivity index (χ4n) is 6.27. The molecule has 1 N–H and O–H groups in total. The van der Waals surface area contributed by atoms with E-state index in [0.29, 0.717) is 0 Å². The van der Waals surface area contributed by atoms with Gasteiger partial charge in [0, 0.05) is 38.4 Å². The standard InChI is InChI=1S/C34H19N2OS.HI/c1-2-8-22(26-10-3-4-15-35-26)20(7-1)18-27-24-13-14-30-33-31-23(9-5-12-29(31)38-30)25-17-21(28-11-6-16-37-28)19-36(27)34(25)32(24)33;/h1-19H;1H/q+1;/b27-18-;. The zero-order valence-corrected chi connectivity index (χ0v) is 23.6. The van der Waals surface area contributed by atoms with E-state index in [1.165, 1.54) is 64.2 Å². The molecule has 0 amide bonds. The minimum absolute atomic E-state index is 0. The van der Waals surface area contributed by atoms with E-state index in [4.69, 9.17) is 4.42 Å². The van der Waals surface area contributed by atoms with Crippen molar-refractivity contribution in [1.29, 1.82) is 0 Å². The fourth-order valence-corrected chi connectivity index (χ4v) is 7.41. The molecule has 1 aliphatic heterocycles. The molecule has 0 saturated heterocycles. The lowest BCUT2D eigenvalue weighted by molar-refractivity contribution is -0.544. The first kappa shape index (κ1) is 22.9. The minimum Gasteiger partial charge on any atom is -1.00 e. The largest absolute Gasteiger partial charge is 1.00 e. The number of aromatic nitrogens is 2. The van der Waals surface area contributed by atoms with Gasteiger partial charge in [0.15, 0.2) is 12.4 Å². The van der Waals surface area contributed by atoms with Gasteiger partial charge in [0.05, 0.1) is 33.7 Å². The zero-order valence-electron chi connectivity index (χ0n) is 20.6. The lowest BCUT2D eigenvalue weighted by atomic mass is 9.94. The van der Waals surface area contributed by atoms with Crippen molar-refractivity contribution in [2.75, 3.05) is 0 Å². The van der Waals surface area contributed by atoms with Crippen LogP contribution in [0.3, 0.4) is 0 Å². The average molecular weight is 632 g/mol. The molecule has 0 unspecified atom stereocenters. The van der Waals surface area contributed by atoms with Crippen LogP contribution in [0.2, 0.25) is 0 Å². The molecule has 0 spiro atoms. The third-order valence-corrected chi connectivity index (χ3v) is 8.97. The summed E-state index contributed by atoms with van der Waals surface area (Å²) in [6.45, 7) is 0. The van der Waals surface area contributed by atoms with E-state index in [9.17, 15) is 0 Å². The Hall–Kier alpha value is -4.07. The number of nitrogens with zero attached hydrogens (tertiary/aromatic N) is 1. The van der Waals surface area contributed by atoms with Gasteiger partial charge in [-0.25, -0.2) is 4.98 Å². The molecular formula is C34H20IN2OS+. The second-order valence-electron chi connectivity index (χ2n) is 9.87. The van der Waals surface area contributed by atoms with Crippen LogP contribution in [-0.4, -0.2) is 0 Å². The Morgan fingerprint density at radius 1 is 0.744 bits per heavy atom. The Balaban J connectivity index is 0.00000235. The average Bonchev–Trinajstić information content (AvgIpc) is 3.70. The highest BCUT2D eigenvalue weighted by Crippen LogP contribution is 2.49. The van der Waals surface area contributed by atoms with Crippen LogP contribution < -0.4 is 33.5 Å². The maximum absolute atomic E-state index is 5.88. The summed E-state index contributed by atoms with van der Waals surface area (Å²) in [5, 5.41) is 6.68. The fraction of sp³-hybridized carbons (Fsp3) is 0. The summed E-state index contributed by atoms with van der Waals surface area (Å²) in [4.78, 5) is 3.42. The summed E-state index contributed by atoms with van der Waals surface area (Å²) in [6, 6.07) is 32.5. The SMILES string of the molecule is C(=C1\c2ccc3sc4cccc5c6cc(-c7ccco7)c[n+]1c6c2c3c45)/c1ccccc1-c1cccc[nH+]1.[I-]. The van der Waals surface area contributed by atoms with Crippen molar-refractivity contribution >= 4 is 65.0 Å². The second kappa shape index (κ2) is 8.46. The Kier molecular flexibility index (Phi) is 4.96. The van der Waals surface area contributed by atoms with Crippen LogP contribution in [0.25, 0.3) is 76.2 Å². The van der Waals surface area contributed by atoms with Crippen LogP contribution in [0.5, 0.6) is 0 Å². The van der Waals surface area contributed by atoms with Crippen LogP contribution in [-0.2, 0) is 0 Å². The molecule has 0 saturated carbocycles. The van der Waals surface area contributed by atoms with Gasteiger partial charge in [-0.05, 0) is 59.5 Å². The molecule has 3 nitrogen and oxygen atoms in total. The van der Waals surface area contributed by atoms with Gasteiger partial charge >= 0.3 is 0 Å². The van der Waals surface area contributed by atoms with E-state index in [2.05, 4.69) is 94.6 Å². The van der Waals surface area contributed by atoms with Gasteiger partial charge in [-0.2, -0.15) is 4.57 Å². The lowest BCUT2D eigenvalue weighted by Gasteiger charge is -2.06. The number of aromatic amines is 1. The number of nitrogens with one attached hydrogen (secondary N) is 1. The highest BCUT2D eigenvalue weighted by molar-refractivity contribution is 7.26. The van der Waals surface area contributed by atoms with Gasteiger partial charge in [-0.3, -0.25) is 0 Å². The quantitative estimate of drug-likeness (QED) is 0.150. The Bertz CT molecular complexity index is 2230. The highest BCUT2D eigenvalue weighted by Gasteiger charge is 2.35. The number of hydrogen-bond donors (Lipinski definition) is 0. The number of fused-ring (bicyclic) bond motifs is 1. The van der Waals surface area contributed by atoms with Crippen LogP contribution in [0.4, 0.5) is 0 Å². The van der Waals surface area contributed by atoms with Crippen LogP contribution >= 0.6 is 11.3 Å². The highest BCUT2D eigenvalue weighted by atomic mass is 127. The van der Waals surface area contributed by atoms with Gasteiger partial charge in [0.25, 0.3) is 0 Å². The molecule has 0 aliphatic carbocycles. The topological polar surface area (TPSA) is 31.2 Å². The van der Waals surface area contributed by atoms with Crippen LogP contribution in [0, 0.1) is 0 Å². The molecule has 9 rings (SSSR count). The summed E-state index contributed by atoms with van der Waals surface area (Å²) in [7, 11) is 0. The maximum Gasteiger partial charge on any atom is 0.227 e. The molecule has 1 aliphatic rings. The van der Waals surface area contributed by atoms with Crippen LogP contribution in [0.15, 0.2) is 114 Å². The van der Waals surface area contributed by atoms with E-state index in [1.54, 1.807) is 6.26 Å². The van der Waals surface area contributed by atoms with E-state index in [1.807, 2.05) is 35.7 Å². The van der Waals surface area contributed by atoms with E-state index < -0.39 is 0 Å². The number of furan rings is 1. The first-order valence-corrected chi connectivity index (χ1v) is 13.6. The lowest BCUT2D eigenvalue weighted by Crippen LogP contribution is -3.00. The van der Waals surface area contributed by atoms with Crippen molar-refractivity contribution in [3.63, 3.8) is 0 Å². The molecule has 4 aromatic carbocycles. The van der Waals surface area contributed by atoms with Crippen molar-refractivity contribution < 1.29 is 37.9 Å².